The molecule has 1 heterocycles. The van der Waals surface area contributed by atoms with Gasteiger partial charge >= 0.3 is 0 Å². The smallest absolute Gasteiger partial charge is 0.125 e. The maximum absolute atomic E-state index is 6.18. The summed E-state index contributed by atoms with van der Waals surface area (Å²) < 4.78 is 6.18. The van der Waals surface area contributed by atoms with Gasteiger partial charge in [0.2, 0.25) is 0 Å². The number of aromatic nitrogens is 1. The lowest BCUT2D eigenvalue weighted by Crippen LogP contribution is -2.27. The van der Waals surface area contributed by atoms with Gasteiger partial charge in [-0.15, -0.1) is 11.3 Å². The van der Waals surface area contributed by atoms with Gasteiger partial charge in [0, 0.05) is 11.5 Å². The van der Waals surface area contributed by atoms with Crippen molar-refractivity contribution in [2.24, 2.45) is 0 Å². The van der Waals surface area contributed by atoms with E-state index < -0.39 is 0 Å². The van der Waals surface area contributed by atoms with E-state index in [-0.39, 0.29) is 5.60 Å². The molecule has 0 radical (unpaired) electrons. The third-order valence-corrected chi connectivity index (χ3v) is 5.94. The van der Waals surface area contributed by atoms with Crippen molar-refractivity contribution in [2.75, 3.05) is 13.2 Å². The first-order valence-electron chi connectivity index (χ1n) is 8.16. The summed E-state index contributed by atoms with van der Waals surface area (Å²) in [7, 11) is 0. The van der Waals surface area contributed by atoms with E-state index in [9.17, 15) is 0 Å². The van der Waals surface area contributed by atoms with E-state index in [2.05, 4.69) is 19.2 Å². The van der Waals surface area contributed by atoms with Gasteiger partial charge in [0.15, 0.2) is 0 Å². The molecule has 0 aromatic carbocycles. The first-order chi connectivity index (χ1) is 9.79. The normalized spacial score (nSPS) is 24.8. The fourth-order valence-corrected chi connectivity index (χ4v) is 5.07. The molecule has 1 aromatic rings. The molecule has 4 heteroatoms. The van der Waals surface area contributed by atoms with E-state index in [4.69, 9.17) is 9.72 Å². The number of hydrogen-bond acceptors (Lipinski definition) is 4. The predicted molar refractivity (Wildman–Crippen MR) is 83.2 cm³/mol. The van der Waals surface area contributed by atoms with Gasteiger partial charge < -0.3 is 10.1 Å². The van der Waals surface area contributed by atoms with E-state index in [1.165, 1.54) is 47.7 Å². The molecule has 1 saturated carbocycles. The molecular weight excluding hydrogens is 268 g/mol. The van der Waals surface area contributed by atoms with Crippen molar-refractivity contribution < 1.29 is 4.74 Å². The molecule has 1 N–H and O–H groups in total. The van der Waals surface area contributed by atoms with Crippen LogP contribution in [0, 0.1) is 0 Å². The molecular formula is C16H26N2OS. The van der Waals surface area contributed by atoms with Crippen LogP contribution in [0.2, 0.25) is 0 Å². The summed E-state index contributed by atoms with van der Waals surface area (Å²) in [4.78, 5) is 6.56. The number of nitrogens with one attached hydrogen (secondary N) is 1. The Balaban J connectivity index is 1.91. The minimum atomic E-state index is -0.0620. The average Bonchev–Trinajstić information content (AvgIpc) is 3.07. The SMILES string of the molecule is CCNC1CCCc2sc(C3(OCC)CCCC3)nc21. The van der Waals surface area contributed by atoms with Crippen molar-refractivity contribution in [1.29, 1.82) is 0 Å². The molecule has 0 amide bonds. The topological polar surface area (TPSA) is 34.1 Å². The summed E-state index contributed by atoms with van der Waals surface area (Å²) in [5, 5.41) is 4.85. The predicted octanol–water partition coefficient (Wildman–Crippen LogP) is 3.94. The van der Waals surface area contributed by atoms with E-state index >= 15 is 0 Å². The first-order valence-corrected chi connectivity index (χ1v) is 8.98. The lowest BCUT2D eigenvalue weighted by molar-refractivity contribution is -0.0392. The molecule has 20 heavy (non-hydrogen) atoms. The van der Waals surface area contributed by atoms with Crippen molar-refractivity contribution in [3.05, 3.63) is 15.6 Å². The van der Waals surface area contributed by atoms with Crippen molar-refractivity contribution in [3.63, 3.8) is 0 Å². The monoisotopic (exact) mass is 294 g/mol. The number of aryl methyl sites for hydroxylation is 1. The third-order valence-electron chi connectivity index (χ3n) is 4.63. The Hall–Kier alpha value is -0.450. The summed E-state index contributed by atoms with van der Waals surface area (Å²) in [5.74, 6) is 0. The first kappa shape index (κ1) is 14.5. The highest BCUT2D eigenvalue weighted by Gasteiger charge is 2.40. The standard InChI is InChI=1S/C16H26N2OS/c1-3-17-12-8-7-9-13-14(12)18-15(20-13)16(19-4-2)10-5-6-11-16/h12,17H,3-11H2,1-2H3. The summed E-state index contributed by atoms with van der Waals surface area (Å²) in [6.07, 6.45) is 8.58. The number of rotatable bonds is 5. The van der Waals surface area contributed by atoms with Crippen LogP contribution in [0.3, 0.4) is 0 Å². The highest BCUT2D eigenvalue weighted by molar-refractivity contribution is 7.11. The molecule has 3 rings (SSSR count). The lowest BCUT2D eigenvalue weighted by Gasteiger charge is -2.26. The van der Waals surface area contributed by atoms with Crippen LogP contribution in [0.25, 0.3) is 0 Å². The van der Waals surface area contributed by atoms with Crippen LogP contribution in [0.1, 0.15) is 74.0 Å². The zero-order valence-corrected chi connectivity index (χ0v) is 13.5. The maximum Gasteiger partial charge on any atom is 0.125 e. The maximum atomic E-state index is 6.18. The van der Waals surface area contributed by atoms with Gasteiger partial charge in [0.1, 0.15) is 10.6 Å². The Kier molecular flexibility index (Phi) is 4.43. The van der Waals surface area contributed by atoms with Crippen molar-refractivity contribution in [1.82, 2.24) is 10.3 Å². The highest BCUT2D eigenvalue weighted by Crippen LogP contribution is 2.46. The van der Waals surface area contributed by atoms with Crippen molar-refractivity contribution in [2.45, 2.75) is 70.4 Å². The molecule has 0 aliphatic heterocycles. The van der Waals surface area contributed by atoms with Gasteiger partial charge in [-0.2, -0.15) is 0 Å². The van der Waals surface area contributed by atoms with Crippen LogP contribution >= 0.6 is 11.3 Å². The zero-order chi connectivity index (χ0) is 14.0. The quantitative estimate of drug-likeness (QED) is 0.893. The second-order valence-electron chi connectivity index (χ2n) is 5.96. The van der Waals surface area contributed by atoms with Crippen LogP contribution in [0.5, 0.6) is 0 Å². The molecule has 1 fully saturated rings. The van der Waals surface area contributed by atoms with Gasteiger partial charge in [-0.05, 0) is 45.6 Å². The summed E-state index contributed by atoms with van der Waals surface area (Å²) in [6, 6.07) is 0.467. The van der Waals surface area contributed by atoms with E-state index in [0.717, 1.165) is 26.0 Å². The molecule has 2 aliphatic carbocycles. The summed E-state index contributed by atoms with van der Waals surface area (Å²) in [6.45, 7) is 6.10. The molecule has 0 bridgehead atoms. The van der Waals surface area contributed by atoms with Crippen molar-refractivity contribution >= 4 is 11.3 Å². The molecule has 2 aliphatic rings. The second kappa shape index (κ2) is 6.12. The molecule has 0 saturated heterocycles. The lowest BCUT2D eigenvalue weighted by atomic mass is 9.97. The minimum Gasteiger partial charge on any atom is -0.368 e. The van der Waals surface area contributed by atoms with Crippen LogP contribution in [-0.2, 0) is 16.8 Å². The van der Waals surface area contributed by atoms with Gasteiger partial charge in [-0.3, -0.25) is 0 Å². The Morgan fingerprint density at radius 1 is 1.30 bits per heavy atom. The fourth-order valence-electron chi connectivity index (χ4n) is 3.70. The van der Waals surface area contributed by atoms with Gasteiger partial charge in [0.25, 0.3) is 0 Å². The van der Waals surface area contributed by atoms with Crippen LogP contribution in [0.4, 0.5) is 0 Å². The number of thiazole rings is 1. The number of fused-ring (bicyclic) bond motifs is 1. The molecule has 1 atom stereocenters. The van der Waals surface area contributed by atoms with Crippen LogP contribution < -0.4 is 5.32 Å². The van der Waals surface area contributed by atoms with E-state index in [1.54, 1.807) is 0 Å². The minimum absolute atomic E-state index is 0.0620. The Labute approximate surface area is 126 Å². The molecule has 1 unspecified atom stereocenters. The fraction of sp³-hybridized carbons (Fsp3) is 0.812. The molecule has 0 spiro atoms. The van der Waals surface area contributed by atoms with Crippen LogP contribution in [-0.4, -0.2) is 18.1 Å². The number of hydrogen-bond donors (Lipinski definition) is 1. The number of nitrogens with zero attached hydrogens (tertiary/aromatic N) is 1. The second-order valence-corrected chi connectivity index (χ2v) is 7.05. The largest absolute Gasteiger partial charge is 0.368 e. The molecule has 1 aromatic heterocycles. The Morgan fingerprint density at radius 2 is 2.10 bits per heavy atom. The van der Waals surface area contributed by atoms with Crippen molar-refractivity contribution in [3.8, 4) is 0 Å². The van der Waals surface area contributed by atoms with Gasteiger partial charge in [0.05, 0.1) is 11.7 Å². The Morgan fingerprint density at radius 3 is 2.80 bits per heavy atom. The van der Waals surface area contributed by atoms with Gasteiger partial charge in [-0.25, -0.2) is 4.98 Å². The average molecular weight is 294 g/mol. The van der Waals surface area contributed by atoms with Gasteiger partial charge in [-0.1, -0.05) is 19.8 Å². The molecule has 3 nitrogen and oxygen atoms in total. The number of ether oxygens (including phenoxy) is 1. The Bertz CT molecular complexity index is 451. The van der Waals surface area contributed by atoms with E-state index in [0.29, 0.717) is 6.04 Å². The van der Waals surface area contributed by atoms with E-state index in [1.807, 2.05) is 11.3 Å². The highest BCUT2D eigenvalue weighted by atomic mass is 32.1. The third kappa shape index (κ3) is 2.53. The summed E-state index contributed by atoms with van der Waals surface area (Å²) in [5.41, 5.74) is 1.26. The zero-order valence-electron chi connectivity index (χ0n) is 12.7. The molecule has 112 valence electrons. The van der Waals surface area contributed by atoms with Crippen LogP contribution in [0.15, 0.2) is 0 Å². The summed E-state index contributed by atoms with van der Waals surface area (Å²) >= 11 is 1.92.